The molecule has 0 saturated heterocycles. The lowest BCUT2D eigenvalue weighted by Gasteiger charge is -1.97. The average Bonchev–Trinajstić information content (AvgIpc) is 2.61. The second-order valence-electron chi connectivity index (χ2n) is 3.09. The van der Waals surface area contributed by atoms with Crippen LogP contribution in [0.5, 0.6) is 0 Å². The lowest BCUT2D eigenvalue weighted by Crippen LogP contribution is -1.97. The van der Waals surface area contributed by atoms with Crippen LogP contribution in [0.1, 0.15) is 35.8 Å². The summed E-state index contributed by atoms with van der Waals surface area (Å²) in [6, 6.07) is 0. The molecule has 80 valence electrons. The molecule has 1 rings (SSSR count). The number of rotatable bonds is 6. The Balaban J connectivity index is 2.55. The van der Waals surface area contributed by atoms with Gasteiger partial charge >= 0.3 is 0 Å². The first kappa shape index (κ1) is 11.6. The molecule has 0 unspecified atom stereocenters. The molecule has 1 heterocycles. The van der Waals surface area contributed by atoms with E-state index in [2.05, 4.69) is 18.8 Å². The van der Waals surface area contributed by atoms with E-state index in [4.69, 9.17) is 10.5 Å². The molecular formula is C10H18N2OS. The summed E-state index contributed by atoms with van der Waals surface area (Å²) in [5.41, 5.74) is 6.76. The number of nitrogens with two attached hydrogens (primary N) is 1. The van der Waals surface area contributed by atoms with Crippen molar-refractivity contribution in [2.45, 2.75) is 39.8 Å². The zero-order chi connectivity index (χ0) is 10.4. The Labute approximate surface area is 89.3 Å². The molecule has 0 amide bonds. The van der Waals surface area contributed by atoms with Crippen molar-refractivity contribution in [3.05, 3.63) is 15.6 Å². The van der Waals surface area contributed by atoms with Crippen molar-refractivity contribution in [2.75, 3.05) is 6.61 Å². The average molecular weight is 214 g/mol. The topological polar surface area (TPSA) is 48.1 Å². The number of aromatic nitrogens is 1. The zero-order valence-electron chi connectivity index (χ0n) is 8.88. The second kappa shape index (κ2) is 6.11. The summed E-state index contributed by atoms with van der Waals surface area (Å²) in [6.45, 7) is 6.23. The van der Waals surface area contributed by atoms with Gasteiger partial charge in [0.25, 0.3) is 0 Å². The largest absolute Gasteiger partial charge is 0.374 e. The Kier molecular flexibility index (Phi) is 5.07. The van der Waals surface area contributed by atoms with Crippen molar-refractivity contribution < 1.29 is 4.74 Å². The van der Waals surface area contributed by atoms with Gasteiger partial charge in [0.05, 0.1) is 12.3 Å². The number of nitrogens with zero attached hydrogens (tertiary/aromatic N) is 1. The van der Waals surface area contributed by atoms with Crippen LogP contribution in [0, 0.1) is 0 Å². The highest BCUT2D eigenvalue weighted by Gasteiger charge is 2.07. The van der Waals surface area contributed by atoms with Crippen LogP contribution < -0.4 is 5.73 Å². The maximum Gasteiger partial charge on any atom is 0.119 e. The molecular weight excluding hydrogens is 196 g/mol. The van der Waals surface area contributed by atoms with E-state index >= 15 is 0 Å². The van der Waals surface area contributed by atoms with Crippen molar-refractivity contribution in [3.8, 4) is 0 Å². The fourth-order valence-corrected chi connectivity index (χ4v) is 2.21. The van der Waals surface area contributed by atoms with E-state index in [-0.39, 0.29) is 0 Å². The molecule has 0 radical (unpaired) electrons. The van der Waals surface area contributed by atoms with E-state index in [1.807, 2.05) is 0 Å². The third kappa shape index (κ3) is 3.04. The van der Waals surface area contributed by atoms with Crippen LogP contribution in [-0.2, 0) is 24.3 Å². The van der Waals surface area contributed by atoms with Crippen molar-refractivity contribution in [3.63, 3.8) is 0 Å². The summed E-state index contributed by atoms with van der Waals surface area (Å²) in [6.07, 6.45) is 2.01. The molecule has 0 aliphatic rings. The summed E-state index contributed by atoms with van der Waals surface area (Å²) in [4.78, 5) is 5.68. The highest BCUT2D eigenvalue weighted by Crippen LogP contribution is 2.19. The summed E-state index contributed by atoms with van der Waals surface area (Å²) in [5, 5.41) is 1.05. The standard InChI is InChI=1S/C10H18N2OS/c1-3-5-13-7-10-12-8(4-2)9(6-11)14-10/h3-7,11H2,1-2H3. The van der Waals surface area contributed by atoms with E-state index in [0.29, 0.717) is 13.2 Å². The van der Waals surface area contributed by atoms with Crippen molar-refractivity contribution in [2.24, 2.45) is 5.73 Å². The highest BCUT2D eigenvalue weighted by molar-refractivity contribution is 7.11. The van der Waals surface area contributed by atoms with E-state index in [1.54, 1.807) is 11.3 Å². The van der Waals surface area contributed by atoms with Crippen LogP contribution in [0.25, 0.3) is 0 Å². The Morgan fingerprint density at radius 1 is 1.43 bits per heavy atom. The molecule has 0 aliphatic carbocycles. The molecule has 4 heteroatoms. The van der Waals surface area contributed by atoms with Gasteiger partial charge in [-0.25, -0.2) is 4.98 Å². The minimum absolute atomic E-state index is 0.592. The lowest BCUT2D eigenvalue weighted by molar-refractivity contribution is 0.121. The molecule has 0 aliphatic heterocycles. The summed E-state index contributed by atoms with van der Waals surface area (Å²) in [5.74, 6) is 0. The van der Waals surface area contributed by atoms with Gasteiger partial charge in [-0.1, -0.05) is 13.8 Å². The molecule has 0 spiro atoms. The van der Waals surface area contributed by atoms with Gasteiger partial charge in [-0.05, 0) is 12.8 Å². The first-order valence-electron chi connectivity index (χ1n) is 5.07. The first-order chi connectivity index (χ1) is 6.81. The number of thiazole rings is 1. The molecule has 3 nitrogen and oxygen atoms in total. The molecule has 0 bridgehead atoms. The van der Waals surface area contributed by atoms with Crippen LogP contribution >= 0.6 is 11.3 Å². The van der Waals surface area contributed by atoms with Crippen LogP contribution in [0.15, 0.2) is 0 Å². The normalized spacial score (nSPS) is 10.8. The molecule has 2 N–H and O–H groups in total. The van der Waals surface area contributed by atoms with Gasteiger partial charge in [-0.3, -0.25) is 0 Å². The van der Waals surface area contributed by atoms with Crippen molar-refractivity contribution in [1.29, 1.82) is 0 Å². The van der Waals surface area contributed by atoms with Gasteiger partial charge in [0.2, 0.25) is 0 Å². The van der Waals surface area contributed by atoms with E-state index in [9.17, 15) is 0 Å². The van der Waals surface area contributed by atoms with Gasteiger partial charge in [-0.15, -0.1) is 11.3 Å². The van der Waals surface area contributed by atoms with E-state index in [1.165, 1.54) is 4.88 Å². The minimum atomic E-state index is 0.592. The fourth-order valence-electron chi connectivity index (χ4n) is 1.24. The molecule has 14 heavy (non-hydrogen) atoms. The molecule has 1 aromatic rings. The Hall–Kier alpha value is -0.450. The van der Waals surface area contributed by atoms with Crippen molar-refractivity contribution in [1.82, 2.24) is 4.98 Å². The fraction of sp³-hybridized carbons (Fsp3) is 0.700. The molecule has 0 saturated carbocycles. The van der Waals surface area contributed by atoms with E-state index < -0.39 is 0 Å². The number of aryl methyl sites for hydroxylation is 1. The Morgan fingerprint density at radius 3 is 2.71 bits per heavy atom. The van der Waals surface area contributed by atoms with Crippen LogP contribution in [-0.4, -0.2) is 11.6 Å². The molecule has 1 aromatic heterocycles. The molecule has 0 aromatic carbocycles. The Morgan fingerprint density at radius 2 is 2.21 bits per heavy atom. The SMILES string of the molecule is CCCOCc1nc(CC)c(CN)s1. The van der Waals surface area contributed by atoms with Gasteiger partial charge in [0, 0.05) is 18.0 Å². The van der Waals surface area contributed by atoms with Crippen LogP contribution in [0.4, 0.5) is 0 Å². The smallest absolute Gasteiger partial charge is 0.119 e. The van der Waals surface area contributed by atoms with E-state index in [0.717, 1.165) is 30.2 Å². The summed E-state index contributed by atoms with van der Waals surface area (Å²) >= 11 is 1.67. The quantitative estimate of drug-likeness (QED) is 0.738. The summed E-state index contributed by atoms with van der Waals surface area (Å²) in [7, 11) is 0. The molecule has 0 atom stereocenters. The van der Waals surface area contributed by atoms with Crippen LogP contribution in [0.2, 0.25) is 0 Å². The monoisotopic (exact) mass is 214 g/mol. The number of ether oxygens (including phenoxy) is 1. The van der Waals surface area contributed by atoms with Gasteiger partial charge in [-0.2, -0.15) is 0 Å². The van der Waals surface area contributed by atoms with Crippen molar-refractivity contribution >= 4 is 11.3 Å². The van der Waals surface area contributed by atoms with Gasteiger partial charge in [0.1, 0.15) is 5.01 Å². The maximum atomic E-state index is 5.62. The predicted molar refractivity (Wildman–Crippen MR) is 59.3 cm³/mol. The molecule has 0 fully saturated rings. The lowest BCUT2D eigenvalue weighted by atomic mass is 10.3. The first-order valence-corrected chi connectivity index (χ1v) is 5.88. The second-order valence-corrected chi connectivity index (χ2v) is 4.26. The number of hydrogen-bond acceptors (Lipinski definition) is 4. The third-order valence-electron chi connectivity index (χ3n) is 1.92. The predicted octanol–water partition coefficient (Wildman–Crippen LogP) is 2.09. The van der Waals surface area contributed by atoms with Gasteiger partial charge < -0.3 is 10.5 Å². The maximum absolute atomic E-state index is 5.62. The third-order valence-corrected chi connectivity index (χ3v) is 3.01. The minimum Gasteiger partial charge on any atom is -0.374 e. The summed E-state index contributed by atoms with van der Waals surface area (Å²) < 4.78 is 5.43. The van der Waals surface area contributed by atoms with Crippen LogP contribution in [0.3, 0.4) is 0 Å². The zero-order valence-corrected chi connectivity index (χ0v) is 9.69. The Bertz CT molecular complexity index is 252. The van der Waals surface area contributed by atoms with Gasteiger partial charge in [0.15, 0.2) is 0 Å². The highest BCUT2D eigenvalue weighted by atomic mass is 32.1. The number of hydrogen-bond donors (Lipinski definition) is 1.